The maximum absolute atomic E-state index is 13.0. The monoisotopic (exact) mass is 448 g/mol. The molecule has 0 bridgehead atoms. The maximum atomic E-state index is 13.0. The van der Waals surface area contributed by atoms with Crippen LogP contribution in [0.2, 0.25) is 0 Å². The van der Waals surface area contributed by atoms with Gasteiger partial charge in [0.05, 0.1) is 30.0 Å². The summed E-state index contributed by atoms with van der Waals surface area (Å²) in [5, 5.41) is 10.6. The second-order valence-electron chi connectivity index (χ2n) is 8.05. The topological polar surface area (TPSA) is 121 Å². The molecular weight excluding hydrogens is 424 g/mol. The average molecular weight is 448 g/mol. The largest absolute Gasteiger partial charge is 0.453 e. The van der Waals surface area contributed by atoms with Crippen molar-refractivity contribution in [3.8, 4) is 5.69 Å². The standard InChI is InChI=1S/C22H24N8O3/c1-28-18-13-24-20(26-19-7-10-29(27-19)15-5-8-23-9-6-15)12-17(18)30(22(28)32)16-4-3-14(11-16)25-21(31)33-2/h5-10,12-14,16H,3-4,11H2,1-2H3,(H,25,31)(H,24,26,27)/t14-,16-/m1/s1. The van der Waals surface area contributed by atoms with E-state index in [2.05, 4.69) is 25.7 Å². The summed E-state index contributed by atoms with van der Waals surface area (Å²) in [6.07, 6.45) is 8.74. The van der Waals surface area contributed by atoms with Crippen molar-refractivity contribution in [1.82, 2.24) is 34.2 Å². The zero-order chi connectivity index (χ0) is 22.9. The summed E-state index contributed by atoms with van der Waals surface area (Å²) in [5.41, 5.74) is 2.33. The number of hydrogen-bond donors (Lipinski definition) is 2. The Bertz CT molecular complexity index is 1360. The van der Waals surface area contributed by atoms with Crippen molar-refractivity contribution in [3.63, 3.8) is 0 Å². The van der Waals surface area contributed by atoms with Gasteiger partial charge in [-0.2, -0.15) is 5.10 Å². The summed E-state index contributed by atoms with van der Waals surface area (Å²) in [6.45, 7) is 0. The van der Waals surface area contributed by atoms with Gasteiger partial charge < -0.3 is 15.4 Å². The number of carbonyl (C=O) groups is 1. The normalized spacial score (nSPS) is 17.9. The van der Waals surface area contributed by atoms with Gasteiger partial charge in [-0.3, -0.25) is 14.1 Å². The molecule has 1 saturated carbocycles. The van der Waals surface area contributed by atoms with Gasteiger partial charge in [-0.05, 0) is 31.4 Å². The number of imidazole rings is 1. The first-order valence-electron chi connectivity index (χ1n) is 10.7. The van der Waals surface area contributed by atoms with Crippen LogP contribution in [0.25, 0.3) is 16.7 Å². The number of pyridine rings is 2. The van der Waals surface area contributed by atoms with Gasteiger partial charge in [0.2, 0.25) is 0 Å². The number of methoxy groups -OCH3 is 1. The Morgan fingerprint density at radius 2 is 1.97 bits per heavy atom. The Labute approximate surface area is 189 Å². The van der Waals surface area contributed by atoms with Gasteiger partial charge in [0.15, 0.2) is 5.82 Å². The maximum Gasteiger partial charge on any atom is 0.407 e. The summed E-state index contributed by atoms with van der Waals surface area (Å²) in [6, 6.07) is 7.40. The molecule has 11 heteroatoms. The molecule has 0 radical (unpaired) electrons. The molecular formula is C22H24N8O3. The van der Waals surface area contributed by atoms with Gasteiger partial charge >= 0.3 is 11.8 Å². The lowest BCUT2D eigenvalue weighted by molar-refractivity contribution is 0.166. The van der Waals surface area contributed by atoms with Gasteiger partial charge in [0.25, 0.3) is 0 Å². The van der Waals surface area contributed by atoms with E-state index in [4.69, 9.17) is 4.74 Å². The van der Waals surface area contributed by atoms with Crippen molar-refractivity contribution in [2.24, 2.45) is 7.05 Å². The zero-order valence-corrected chi connectivity index (χ0v) is 18.3. The van der Waals surface area contributed by atoms with Crippen molar-refractivity contribution in [2.45, 2.75) is 31.3 Å². The fourth-order valence-electron chi connectivity index (χ4n) is 4.39. The molecule has 1 fully saturated rings. The van der Waals surface area contributed by atoms with Crippen molar-refractivity contribution >= 4 is 28.8 Å². The van der Waals surface area contributed by atoms with E-state index in [0.717, 1.165) is 29.6 Å². The molecule has 33 heavy (non-hydrogen) atoms. The van der Waals surface area contributed by atoms with Gasteiger partial charge in [-0.25, -0.2) is 19.3 Å². The van der Waals surface area contributed by atoms with Crippen molar-refractivity contribution in [1.29, 1.82) is 0 Å². The Morgan fingerprint density at radius 1 is 1.15 bits per heavy atom. The predicted molar refractivity (Wildman–Crippen MR) is 122 cm³/mol. The highest BCUT2D eigenvalue weighted by Crippen LogP contribution is 2.32. The number of fused-ring (bicyclic) bond motifs is 1. The van der Waals surface area contributed by atoms with Crippen LogP contribution in [0, 0.1) is 0 Å². The Hall–Kier alpha value is -4.15. The van der Waals surface area contributed by atoms with Gasteiger partial charge in [0.1, 0.15) is 5.82 Å². The highest BCUT2D eigenvalue weighted by Gasteiger charge is 2.30. The molecule has 4 aromatic heterocycles. The van der Waals surface area contributed by atoms with E-state index in [-0.39, 0.29) is 17.8 Å². The van der Waals surface area contributed by atoms with E-state index >= 15 is 0 Å². The van der Waals surface area contributed by atoms with E-state index in [9.17, 15) is 9.59 Å². The number of aromatic nitrogens is 6. The lowest BCUT2D eigenvalue weighted by Gasteiger charge is -2.14. The molecule has 1 aliphatic rings. The minimum Gasteiger partial charge on any atom is -0.453 e. The second-order valence-corrected chi connectivity index (χ2v) is 8.05. The fraction of sp³-hybridized carbons (Fsp3) is 0.318. The molecule has 2 atom stereocenters. The van der Waals surface area contributed by atoms with Crippen LogP contribution in [0.5, 0.6) is 0 Å². The summed E-state index contributed by atoms with van der Waals surface area (Å²) < 4.78 is 9.85. The van der Waals surface area contributed by atoms with Gasteiger partial charge in [-0.15, -0.1) is 0 Å². The van der Waals surface area contributed by atoms with Crippen LogP contribution in [0.4, 0.5) is 16.4 Å². The Kier molecular flexibility index (Phi) is 5.29. The number of aryl methyl sites for hydroxylation is 1. The molecule has 170 valence electrons. The number of amides is 1. The lowest BCUT2D eigenvalue weighted by Crippen LogP contribution is -2.33. The van der Waals surface area contributed by atoms with Crippen LogP contribution >= 0.6 is 0 Å². The number of carbonyl (C=O) groups excluding carboxylic acids is 1. The number of ether oxygens (including phenoxy) is 1. The van der Waals surface area contributed by atoms with Crippen molar-refractivity contribution < 1.29 is 9.53 Å². The highest BCUT2D eigenvalue weighted by molar-refractivity contribution is 5.79. The van der Waals surface area contributed by atoms with Crippen LogP contribution in [-0.4, -0.2) is 48.1 Å². The minimum atomic E-state index is -0.451. The van der Waals surface area contributed by atoms with Crippen LogP contribution in [0.1, 0.15) is 25.3 Å². The minimum absolute atomic E-state index is 0.0236. The Balaban J connectivity index is 1.42. The third-order valence-electron chi connectivity index (χ3n) is 6.03. The van der Waals surface area contributed by atoms with Crippen molar-refractivity contribution in [2.75, 3.05) is 12.4 Å². The van der Waals surface area contributed by atoms with Crippen LogP contribution < -0.4 is 16.3 Å². The molecule has 0 unspecified atom stereocenters. The first-order valence-corrected chi connectivity index (χ1v) is 10.7. The summed E-state index contributed by atoms with van der Waals surface area (Å²) in [4.78, 5) is 33.1. The summed E-state index contributed by atoms with van der Waals surface area (Å²) in [5.74, 6) is 1.22. The molecule has 2 N–H and O–H groups in total. The summed E-state index contributed by atoms with van der Waals surface area (Å²) >= 11 is 0. The number of alkyl carbamates (subject to hydrolysis) is 1. The number of anilines is 2. The number of nitrogens with zero attached hydrogens (tertiary/aromatic N) is 6. The van der Waals surface area contributed by atoms with Crippen LogP contribution in [-0.2, 0) is 11.8 Å². The van der Waals surface area contributed by atoms with E-state index in [0.29, 0.717) is 18.1 Å². The third-order valence-corrected chi connectivity index (χ3v) is 6.03. The lowest BCUT2D eigenvalue weighted by atomic mass is 10.2. The number of hydrogen-bond acceptors (Lipinski definition) is 7. The fourth-order valence-corrected chi connectivity index (χ4v) is 4.39. The summed E-state index contributed by atoms with van der Waals surface area (Å²) in [7, 11) is 3.09. The van der Waals surface area contributed by atoms with Crippen LogP contribution in [0.15, 0.2) is 53.8 Å². The molecule has 0 aromatic carbocycles. The highest BCUT2D eigenvalue weighted by atomic mass is 16.5. The van der Waals surface area contributed by atoms with E-state index in [1.807, 2.05) is 30.5 Å². The molecule has 0 saturated heterocycles. The quantitative estimate of drug-likeness (QED) is 0.481. The SMILES string of the molecule is COC(=O)N[C@@H]1CC[C@@H](n2c(=O)n(C)c3cnc(Nc4ccn(-c5ccncc5)n4)cc32)C1. The van der Waals surface area contributed by atoms with Gasteiger partial charge in [-0.1, -0.05) is 0 Å². The van der Waals surface area contributed by atoms with Crippen LogP contribution in [0.3, 0.4) is 0 Å². The first-order chi connectivity index (χ1) is 16.0. The van der Waals surface area contributed by atoms with E-state index in [1.165, 1.54) is 7.11 Å². The van der Waals surface area contributed by atoms with Crippen molar-refractivity contribution in [3.05, 3.63) is 59.5 Å². The molecule has 1 amide bonds. The zero-order valence-electron chi connectivity index (χ0n) is 18.3. The van der Waals surface area contributed by atoms with E-state index < -0.39 is 6.09 Å². The first kappa shape index (κ1) is 20.7. The molecule has 5 rings (SSSR count). The molecule has 4 aromatic rings. The van der Waals surface area contributed by atoms with E-state index in [1.54, 1.807) is 39.5 Å². The third kappa shape index (κ3) is 3.93. The molecule has 11 nitrogen and oxygen atoms in total. The average Bonchev–Trinajstić information content (AvgIpc) is 3.54. The molecule has 0 aliphatic heterocycles. The molecule has 0 spiro atoms. The smallest absolute Gasteiger partial charge is 0.407 e. The molecule has 1 aliphatic carbocycles. The molecule has 4 heterocycles. The van der Waals surface area contributed by atoms with Gasteiger partial charge in [0, 0.05) is 49.9 Å². The number of rotatable bonds is 5. The number of nitrogens with one attached hydrogen (secondary N) is 2. The predicted octanol–water partition coefficient (Wildman–Crippen LogP) is 2.51. The Morgan fingerprint density at radius 3 is 2.76 bits per heavy atom. The second kappa shape index (κ2) is 8.41.